The highest BCUT2D eigenvalue weighted by atomic mass is 16.4. The van der Waals surface area contributed by atoms with Gasteiger partial charge in [0.2, 0.25) is 41.4 Å². The monoisotopic (exact) mass is 831 g/mol. The number of carboxylic acids is 4. The Balaban J connectivity index is 3.42. The third kappa shape index (κ3) is 17.4. The van der Waals surface area contributed by atoms with Crippen LogP contribution < -0.4 is 49.5 Å². The SMILES string of the molecule is NC(=O)CC[C@H](NC(=O)[C@H](CC(=O)O)NC(=O)[C@H](CC(=O)O)NC(=O)[C@@H](N)CC(=O)O)C(=O)N[C@@H](CCCN=C(N)N)C(=O)N1CCC[C@H]1C(=O)N[C@@H](CO)C(=O)O. The molecule has 324 valence electrons. The molecule has 0 spiro atoms. The summed E-state index contributed by atoms with van der Waals surface area (Å²) in [5, 5.41) is 56.7. The van der Waals surface area contributed by atoms with Gasteiger partial charge in [0.1, 0.15) is 36.3 Å². The predicted octanol–water partition coefficient (Wildman–Crippen LogP) is -7.45. The standard InChI is InChI=1S/C31H49N11O16/c32-13(9-21(45)46)24(51)39-16(10-22(47)48)27(54)40-17(11-23(49)50)26(53)37-14(5-6-20(33)44)25(52)38-15(3-1-7-36-31(34)35)29(56)42-8-2-4-19(42)28(55)41-18(12-43)30(57)58/h13-19,43H,1-12,32H2,(H2,33,44)(H,37,53)(H,38,52)(H,39,51)(H,40,54)(H,41,55)(H,45,46)(H,47,48)(H,49,50)(H,57,58)(H4,34,35,36)/t13-,14-,15-,16-,17-,18-,19-/m0/s1. The Morgan fingerprint density at radius 1 is 0.655 bits per heavy atom. The van der Waals surface area contributed by atoms with Gasteiger partial charge in [-0.25, -0.2) is 4.79 Å². The van der Waals surface area contributed by atoms with Crippen LogP contribution in [0.3, 0.4) is 0 Å². The maximum absolute atomic E-state index is 13.9. The molecule has 0 saturated carbocycles. The molecule has 1 saturated heterocycles. The Morgan fingerprint density at radius 2 is 1.16 bits per heavy atom. The molecule has 0 bridgehead atoms. The zero-order valence-electron chi connectivity index (χ0n) is 31.0. The first kappa shape index (κ1) is 49.4. The van der Waals surface area contributed by atoms with Crippen molar-refractivity contribution in [2.45, 2.75) is 100 Å². The first-order chi connectivity index (χ1) is 27.1. The molecule has 7 atom stereocenters. The number of carboxylic acid groups (broad SMARTS) is 4. The van der Waals surface area contributed by atoms with E-state index in [1.807, 2.05) is 10.6 Å². The smallest absolute Gasteiger partial charge is 0.328 e. The van der Waals surface area contributed by atoms with Crippen LogP contribution in [0.4, 0.5) is 0 Å². The highest BCUT2D eigenvalue weighted by Crippen LogP contribution is 2.20. The fourth-order valence-electron chi connectivity index (χ4n) is 5.42. The van der Waals surface area contributed by atoms with Crippen LogP contribution in [0.25, 0.3) is 0 Å². The highest BCUT2D eigenvalue weighted by molar-refractivity contribution is 5.99. The van der Waals surface area contributed by atoms with Gasteiger partial charge in [0.15, 0.2) is 5.96 Å². The number of likely N-dealkylation sites (tertiary alicyclic amines) is 1. The van der Waals surface area contributed by atoms with Gasteiger partial charge in [-0.3, -0.25) is 52.9 Å². The summed E-state index contributed by atoms with van der Waals surface area (Å²) in [7, 11) is 0. The second-order valence-corrected chi connectivity index (χ2v) is 12.9. The van der Waals surface area contributed by atoms with Gasteiger partial charge in [0.25, 0.3) is 0 Å². The highest BCUT2D eigenvalue weighted by Gasteiger charge is 2.40. The fourth-order valence-corrected chi connectivity index (χ4v) is 5.42. The van der Waals surface area contributed by atoms with Gasteiger partial charge in [-0.15, -0.1) is 0 Å². The van der Waals surface area contributed by atoms with Crippen LogP contribution in [0.2, 0.25) is 0 Å². The van der Waals surface area contributed by atoms with Crippen LogP contribution in [0.15, 0.2) is 4.99 Å². The van der Waals surface area contributed by atoms with E-state index in [-0.39, 0.29) is 44.7 Å². The molecule has 1 fully saturated rings. The number of nitrogens with one attached hydrogen (secondary N) is 5. The molecule has 0 aromatic rings. The van der Waals surface area contributed by atoms with E-state index >= 15 is 0 Å². The summed E-state index contributed by atoms with van der Waals surface area (Å²) in [5.41, 5.74) is 21.4. The minimum atomic E-state index is -2.08. The van der Waals surface area contributed by atoms with Gasteiger partial charge >= 0.3 is 23.9 Å². The lowest BCUT2D eigenvalue weighted by Gasteiger charge is -2.30. The molecule has 0 unspecified atom stereocenters. The number of amides is 7. The lowest BCUT2D eigenvalue weighted by atomic mass is 10.0. The van der Waals surface area contributed by atoms with Crippen molar-refractivity contribution in [1.29, 1.82) is 0 Å². The van der Waals surface area contributed by atoms with Gasteiger partial charge in [-0.05, 0) is 32.1 Å². The number of rotatable bonds is 26. The number of guanidine groups is 1. The van der Waals surface area contributed by atoms with E-state index < -0.39 is 146 Å². The van der Waals surface area contributed by atoms with E-state index in [1.165, 1.54) is 0 Å². The minimum Gasteiger partial charge on any atom is -0.481 e. The quantitative estimate of drug-likeness (QED) is 0.0219. The van der Waals surface area contributed by atoms with Crippen molar-refractivity contribution >= 4 is 71.2 Å². The van der Waals surface area contributed by atoms with E-state index in [9.17, 15) is 73.2 Å². The van der Waals surface area contributed by atoms with Crippen molar-refractivity contribution in [3.63, 3.8) is 0 Å². The van der Waals surface area contributed by atoms with Gasteiger partial charge in [0, 0.05) is 19.5 Å². The van der Waals surface area contributed by atoms with Crippen LogP contribution in [0.5, 0.6) is 0 Å². The summed E-state index contributed by atoms with van der Waals surface area (Å²) in [6, 6.07) is -12.0. The molecule has 0 radical (unpaired) electrons. The zero-order valence-corrected chi connectivity index (χ0v) is 31.0. The molecule has 7 amide bonds. The summed E-state index contributed by atoms with van der Waals surface area (Å²) in [6.45, 7) is -1.03. The van der Waals surface area contributed by atoms with Crippen molar-refractivity contribution in [1.82, 2.24) is 31.5 Å². The third-order valence-electron chi connectivity index (χ3n) is 8.26. The fraction of sp³-hybridized carbons (Fsp3) is 0.613. The topological polar surface area (TPSA) is 469 Å². The van der Waals surface area contributed by atoms with Crippen molar-refractivity contribution in [2.24, 2.45) is 27.9 Å². The zero-order chi connectivity index (χ0) is 44.3. The van der Waals surface area contributed by atoms with Gasteiger partial charge in [-0.1, -0.05) is 0 Å². The maximum atomic E-state index is 13.9. The lowest BCUT2D eigenvalue weighted by Crippen LogP contribution is -2.60. The molecule has 18 N–H and O–H groups in total. The summed E-state index contributed by atoms with van der Waals surface area (Å²) >= 11 is 0. The second kappa shape index (κ2) is 24.1. The predicted molar refractivity (Wildman–Crippen MR) is 192 cm³/mol. The number of nitrogens with two attached hydrogens (primary N) is 4. The number of primary amides is 1. The summed E-state index contributed by atoms with van der Waals surface area (Å²) in [4.78, 5) is 142. The van der Waals surface area contributed by atoms with E-state index in [1.54, 1.807) is 0 Å². The summed E-state index contributed by atoms with van der Waals surface area (Å²) in [5.74, 6) is -14.7. The molecule has 1 rings (SSSR count). The normalized spacial score (nSPS) is 16.4. The number of aliphatic hydroxyl groups excluding tert-OH is 1. The van der Waals surface area contributed by atoms with Crippen molar-refractivity contribution in [2.75, 3.05) is 19.7 Å². The second-order valence-electron chi connectivity index (χ2n) is 12.9. The van der Waals surface area contributed by atoms with Crippen molar-refractivity contribution in [3.8, 4) is 0 Å². The average Bonchev–Trinajstić information content (AvgIpc) is 3.61. The summed E-state index contributed by atoms with van der Waals surface area (Å²) in [6.07, 6.45) is -4.15. The van der Waals surface area contributed by atoms with Gasteiger partial charge in [0.05, 0.1) is 31.9 Å². The molecule has 1 aliphatic heterocycles. The lowest BCUT2D eigenvalue weighted by molar-refractivity contribution is -0.146. The number of aliphatic imine (C=N–C) groups is 1. The van der Waals surface area contributed by atoms with Crippen LogP contribution >= 0.6 is 0 Å². The third-order valence-corrected chi connectivity index (χ3v) is 8.26. The Kier molecular flexibility index (Phi) is 20.5. The molecular formula is C31H49N11O16. The maximum Gasteiger partial charge on any atom is 0.328 e. The number of hydrogen-bond acceptors (Lipinski definition) is 14. The molecule has 27 nitrogen and oxygen atoms in total. The largest absolute Gasteiger partial charge is 0.481 e. The van der Waals surface area contributed by atoms with E-state index in [4.69, 9.17) is 28.0 Å². The van der Waals surface area contributed by atoms with Gasteiger partial charge < -0.3 is 80.0 Å². The Hall–Kier alpha value is -6.64. The van der Waals surface area contributed by atoms with Crippen LogP contribution in [0, 0.1) is 0 Å². The number of aliphatic carboxylic acids is 4. The van der Waals surface area contributed by atoms with E-state index in [2.05, 4.69) is 20.9 Å². The Bertz CT molecular complexity index is 1600. The van der Waals surface area contributed by atoms with Crippen LogP contribution in [-0.4, -0.2) is 164 Å². The molecular weight excluding hydrogens is 782 g/mol. The first-order valence-corrected chi connectivity index (χ1v) is 17.5. The summed E-state index contributed by atoms with van der Waals surface area (Å²) < 4.78 is 0. The van der Waals surface area contributed by atoms with E-state index in [0.29, 0.717) is 0 Å². The van der Waals surface area contributed by atoms with Crippen LogP contribution in [0.1, 0.15) is 57.8 Å². The average molecular weight is 832 g/mol. The van der Waals surface area contributed by atoms with Gasteiger partial charge in [-0.2, -0.15) is 0 Å². The minimum absolute atomic E-state index is 0.0265. The van der Waals surface area contributed by atoms with Crippen molar-refractivity contribution in [3.05, 3.63) is 0 Å². The number of carbonyl (C=O) groups excluding carboxylic acids is 7. The molecule has 1 aliphatic rings. The van der Waals surface area contributed by atoms with E-state index in [0.717, 1.165) is 4.90 Å². The molecule has 0 aliphatic carbocycles. The van der Waals surface area contributed by atoms with Crippen molar-refractivity contribution < 1.29 is 78.3 Å². The number of hydrogen-bond donors (Lipinski definition) is 14. The number of nitrogens with zero attached hydrogens (tertiary/aromatic N) is 2. The molecule has 58 heavy (non-hydrogen) atoms. The molecule has 0 aromatic carbocycles. The number of aliphatic hydroxyl groups is 1. The first-order valence-electron chi connectivity index (χ1n) is 17.5. The molecule has 0 aromatic heterocycles. The molecule has 27 heteroatoms. The van der Waals surface area contributed by atoms with Crippen LogP contribution in [-0.2, 0) is 52.7 Å². The Morgan fingerprint density at radius 3 is 1.64 bits per heavy atom. The molecule has 1 heterocycles. The Labute approximate surface area is 328 Å². The number of carbonyl (C=O) groups is 11.